The molecule has 28 heavy (non-hydrogen) atoms. The van der Waals surface area contributed by atoms with Gasteiger partial charge in [-0.3, -0.25) is 14.3 Å². The summed E-state index contributed by atoms with van der Waals surface area (Å²) >= 11 is 0. The van der Waals surface area contributed by atoms with Gasteiger partial charge in [0, 0.05) is 39.3 Å². The number of ether oxygens (including phenoxy) is 1. The van der Waals surface area contributed by atoms with Crippen molar-refractivity contribution in [2.24, 2.45) is 24.6 Å². The highest BCUT2D eigenvalue weighted by molar-refractivity contribution is 5.80. The normalized spacial score (nSPS) is 18.0. The highest BCUT2D eigenvalue weighted by Gasteiger charge is 2.31. The van der Waals surface area contributed by atoms with E-state index < -0.39 is 17.4 Å². The van der Waals surface area contributed by atoms with Gasteiger partial charge in [0.1, 0.15) is 5.60 Å². The Balaban J connectivity index is 1.77. The minimum Gasteiger partial charge on any atom is -0.444 e. The molecule has 0 spiro atoms. The molecule has 1 aromatic rings. The van der Waals surface area contributed by atoms with Crippen LogP contribution < -0.4 is 11.1 Å². The summed E-state index contributed by atoms with van der Waals surface area (Å²) < 4.78 is 7.02. The fourth-order valence-electron chi connectivity index (χ4n) is 3.20. The number of aromatic nitrogens is 2. The summed E-state index contributed by atoms with van der Waals surface area (Å²) in [5.74, 6) is -1.01. The predicted molar refractivity (Wildman–Crippen MR) is 103 cm³/mol. The Morgan fingerprint density at radius 3 is 2.68 bits per heavy atom. The van der Waals surface area contributed by atoms with Gasteiger partial charge in [0.15, 0.2) is 0 Å². The third-order valence-electron chi connectivity index (χ3n) is 4.60. The summed E-state index contributed by atoms with van der Waals surface area (Å²) in [6.45, 7) is 6.74. The summed E-state index contributed by atoms with van der Waals surface area (Å²) in [7, 11) is 1.80. The first kappa shape index (κ1) is 21.7. The van der Waals surface area contributed by atoms with Crippen LogP contribution in [0.25, 0.3) is 0 Å². The van der Waals surface area contributed by atoms with E-state index in [0.29, 0.717) is 25.9 Å². The molecule has 1 aliphatic heterocycles. The molecule has 156 valence electrons. The molecule has 0 aromatic carbocycles. The van der Waals surface area contributed by atoms with E-state index in [1.807, 2.05) is 27.0 Å². The van der Waals surface area contributed by atoms with Crippen LogP contribution in [0.3, 0.4) is 0 Å². The lowest BCUT2D eigenvalue weighted by Crippen LogP contribution is -2.38. The van der Waals surface area contributed by atoms with Crippen LogP contribution in [0.15, 0.2) is 12.4 Å². The van der Waals surface area contributed by atoms with Crippen LogP contribution in [0.5, 0.6) is 0 Å². The largest absolute Gasteiger partial charge is 0.444 e. The maximum atomic E-state index is 12.3. The highest BCUT2D eigenvalue weighted by atomic mass is 16.6. The van der Waals surface area contributed by atoms with Gasteiger partial charge in [-0.15, -0.1) is 0 Å². The Morgan fingerprint density at radius 2 is 2.11 bits per heavy atom. The molecule has 9 nitrogen and oxygen atoms in total. The molecule has 0 bridgehead atoms. The molecule has 9 heteroatoms. The van der Waals surface area contributed by atoms with Gasteiger partial charge in [-0.1, -0.05) is 0 Å². The van der Waals surface area contributed by atoms with Crippen molar-refractivity contribution in [1.29, 1.82) is 0 Å². The molecule has 0 saturated carbocycles. The lowest BCUT2D eigenvalue weighted by atomic mass is 10.00. The van der Waals surface area contributed by atoms with E-state index >= 15 is 0 Å². The van der Waals surface area contributed by atoms with Crippen LogP contribution >= 0.6 is 0 Å². The standard InChI is InChI=1S/C19H31N5O4/c1-19(2,3)28-18(27)24-6-5-13(12-24)8-16(25)21-10-15(17(20)26)7-14-9-22-23(4)11-14/h9,11,13,15H,5-8,10,12H2,1-4H3,(H2,20,26)(H,21,25)/t13-,15-/m1/s1. The van der Waals surface area contributed by atoms with Gasteiger partial charge >= 0.3 is 6.09 Å². The Bertz CT molecular complexity index is 709. The number of nitrogens with one attached hydrogen (secondary N) is 1. The first-order valence-electron chi connectivity index (χ1n) is 9.55. The van der Waals surface area contributed by atoms with Crippen LogP contribution in [0.4, 0.5) is 4.79 Å². The summed E-state index contributed by atoms with van der Waals surface area (Å²) in [5.41, 5.74) is 5.82. The first-order chi connectivity index (χ1) is 13.0. The number of amides is 3. The van der Waals surface area contributed by atoms with Crippen LogP contribution in [-0.4, -0.2) is 57.8 Å². The Morgan fingerprint density at radius 1 is 1.39 bits per heavy atom. The van der Waals surface area contributed by atoms with Crippen LogP contribution in [0.1, 0.15) is 39.2 Å². The molecule has 2 rings (SSSR count). The van der Waals surface area contributed by atoms with E-state index in [4.69, 9.17) is 10.5 Å². The van der Waals surface area contributed by atoms with E-state index in [1.54, 1.807) is 22.8 Å². The Hall–Kier alpha value is -2.58. The number of carbonyl (C=O) groups excluding carboxylic acids is 3. The molecule has 2 heterocycles. The van der Waals surface area contributed by atoms with Crippen molar-refractivity contribution in [3.05, 3.63) is 18.0 Å². The zero-order chi connectivity index (χ0) is 20.9. The highest BCUT2D eigenvalue weighted by Crippen LogP contribution is 2.22. The average molecular weight is 393 g/mol. The minimum absolute atomic E-state index is 0.0814. The topological polar surface area (TPSA) is 120 Å². The third kappa shape index (κ3) is 6.86. The van der Waals surface area contributed by atoms with Gasteiger partial charge in [-0.05, 0) is 45.1 Å². The number of aryl methyl sites for hydroxylation is 1. The Kier molecular flexibility index (Phi) is 7.04. The first-order valence-corrected chi connectivity index (χ1v) is 9.55. The number of hydrogen-bond acceptors (Lipinski definition) is 5. The van der Waals surface area contributed by atoms with Crippen molar-refractivity contribution in [2.45, 2.75) is 45.6 Å². The summed E-state index contributed by atoms with van der Waals surface area (Å²) in [5, 5.41) is 6.87. The minimum atomic E-state index is -0.537. The lowest BCUT2D eigenvalue weighted by molar-refractivity contribution is -0.123. The van der Waals surface area contributed by atoms with Crippen molar-refractivity contribution < 1.29 is 19.1 Å². The summed E-state index contributed by atoms with van der Waals surface area (Å²) in [4.78, 5) is 37.7. The van der Waals surface area contributed by atoms with Crippen molar-refractivity contribution in [3.8, 4) is 0 Å². The van der Waals surface area contributed by atoms with E-state index in [-0.39, 0.29) is 24.5 Å². The second-order valence-electron chi connectivity index (χ2n) is 8.41. The molecule has 1 aromatic heterocycles. The number of primary amides is 1. The number of nitrogens with zero attached hydrogens (tertiary/aromatic N) is 3. The van der Waals surface area contributed by atoms with E-state index in [0.717, 1.165) is 12.0 Å². The maximum absolute atomic E-state index is 12.3. The van der Waals surface area contributed by atoms with Gasteiger partial charge in [-0.2, -0.15) is 5.10 Å². The van der Waals surface area contributed by atoms with Gasteiger partial charge < -0.3 is 20.7 Å². The van der Waals surface area contributed by atoms with Gasteiger partial charge in [0.25, 0.3) is 0 Å². The van der Waals surface area contributed by atoms with E-state index in [1.165, 1.54) is 0 Å². The smallest absolute Gasteiger partial charge is 0.410 e. The van der Waals surface area contributed by atoms with E-state index in [9.17, 15) is 14.4 Å². The van der Waals surface area contributed by atoms with Crippen molar-refractivity contribution in [2.75, 3.05) is 19.6 Å². The van der Waals surface area contributed by atoms with Crippen LogP contribution in [0.2, 0.25) is 0 Å². The number of likely N-dealkylation sites (tertiary alicyclic amines) is 1. The quantitative estimate of drug-likeness (QED) is 0.711. The molecular weight excluding hydrogens is 362 g/mol. The number of hydrogen-bond donors (Lipinski definition) is 2. The lowest BCUT2D eigenvalue weighted by Gasteiger charge is -2.24. The maximum Gasteiger partial charge on any atom is 0.410 e. The van der Waals surface area contributed by atoms with Gasteiger partial charge in [0.05, 0.1) is 12.1 Å². The number of carbonyl (C=O) groups is 3. The summed E-state index contributed by atoms with van der Waals surface area (Å²) in [6.07, 6.45) is 4.64. The molecule has 3 N–H and O–H groups in total. The van der Waals surface area contributed by atoms with Crippen molar-refractivity contribution >= 4 is 17.9 Å². The third-order valence-corrected chi connectivity index (χ3v) is 4.60. The monoisotopic (exact) mass is 393 g/mol. The average Bonchev–Trinajstić information content (AvgIpc) is 3.18. The molecule has 0 unspecified atom stereocenters. The van der Waals surface area contributed by atoms with Crippen LogP contribution in [0, 0.1) is 11.8 Å². The van der Waals surface area contributed by atoms with Crippen molar-refractivity contribution in [1.82, 2.24) is 20.0 Å². The second kappa shape index (κ2) is 9.07. The second-order valence-corrected chi connectivity index (χ2v) is 8.41. The molecule has 2 atom stereocenters. The molecule has 0 aliphatic carbocycles. The van der Waals surface area contributed by atoms with Gasteiger partial charge in [0.2, 0.25) is 11.8 Å². The van der Waals surface area contributed by atoms with Crippen LogP contribution in [-0.2, 0) is 27.8 Å². The molecule has 3 amide bonds. The zero-order valence-electron chi connectivity index (χ0n) is 17.1. The SMILES string of the molecule is Cn1cc(C[C@H](CNC(=O)C[C@H]2CCN(C(=O)OC(C)(C)C)C2)C(N)=O)cn1. The fourth-order valence-corrected chi connectivity index (χ4v) is 3.20. The molecule has 1 aliphatic rings. The molecule has 1 fully saturated rings. The molecule has 0 radical (unpaired) electrons. The van der Waals surface area contributed by atoms with E-state index in [2.05, 4.69) is 10.4 Å². The number of rotatable bonds is 7. The predicted octanol–water partition coefficient (Wildman–Crippen LogP) is 0.827. The zero-order valence-corrected chi connectivity index (χ0v) is 17.1. The Labute approximate surface area is 165 Å². The van der Waals surface area contributed by atoms with Gasteiger partial charge in [-0.25, -0.2) is 4.79 Å². The summed E-state index contributed by atoms with van der Waals surface area (Å²) in [6, 6.07) is 0. The fraction of sp³-hybridized carbons (Fsp3) is 0.684. The molecular formula is C19H31N5O4. The van der Waals surface area contributed by atoms with Crippen molar-refractivity contribution in [3.63, 3.8) is 0 Å². The molecule has 1 saturated heterocycles. The number of nitrogens with two attached hydrogens (primary N) is 1.